The van der Waals surface area contributed by atoms with Crippen molar-refractivity contribution >= 4 is 0 Å². The van der Waals surface area contributed by atoms with E-state index in [1.54, 1.807) is 0 Å². The molecule has 0 aliphatic rings. The second kappa shape index (κ2) is 3.79. The Morgan fingerprint density at radius 1 is 1.30 bits per heavy atom. The molecule has 1 rings (SSSR count). The average Bonchev–Trinajstić information content (AvgIpc) is 2.41. The van der Waals surface area contributed by atoms with Gasteiger partial charge in [0.05, 0.1) is 0 Å². The van der Waals surface area contributed by atoms with Gasteiger partial charge in [-0.3, -0.25) is 0 Å². The van der Waals surface area contributed by atoms with Crippen molar-refractivity contribution in [2.45, 2.75) is 19.4 Å². The fourth-order valence-corrected chi connectivity index (χ4v) is 0.869. The van der Waals surface area contributed by atoms with E-state index in [1.165, 1.54) is 0 Å². The van der Waals surface area contributed by atoms with Crippen LogP contribution in [0, 0.1) is 12.3 Å². The normalized spacial score (nSPS) is 9.10. The van der Waals surface area contributed by atoms with Crippen molar-refractivity contribution in [2.75, 3.05) is 0 Å². The Labute approximate surface area is 61.7 Å². The van der Waals surface area contributed by atoms with Crippen molar-refractivity contribution in [3.05, 3.63) is 30.9 Å². The molecule has 1 heterocycles. The molecule has 0 atom stereocenters. The molecule has 0 saturated carbocycles. The second-order valence-corrected chi connectivity index (χ2v) is 2.20. The topological polar surface area (TPSA) is 4.93 Å². The van der Waals surface area contributed by atoms with E-state index in [2.05, 4.69) is 10.5 Å². The minimum atomic E-state index is 0.762. The van der Waals surface area contributed by atoms with E-state index in [-0.39, 0.29) is 0 Å². The van der Waals surface area contributed by atoms with Crippen LogP contribution in [0.3, 0.4) is 0 Å². The van der Waals surface area contributed by atoms with Gasteiger partial charge in [0.2, 0.25) is 0 Å². The molecule has 0 aliphatic carbocycles. The molecule has 0 fully saturated rings. The molecule has 0 N–H and O–H groups in total. The minimum Gasteiger partial charge on any atom is -0.354 e. The Balaban J connectivity index is 2.23. The largest absolute Gasteiger partial charge is 0.354 e. The van der Waals surface area contributed by atoms with Crippen molar-refractivity contribution in [3.8, 4) is 5.92 Å². The molecule has 0 saturated heterocycles. The summed E-state index contributed by atoms with van der Waals surface area (Å²) < 4.78 is 2.11. The smallest absolute Gasteiger partial charge is 0.0228 e. The van der Waals surface area contributed by atoms with Crippen LogP contribution in [0.2, 0.25) is 0 Å². The molecule has 0 spiro atoms. The monoisotopic (exact) mass is 132 g/mol. The molecule has 1 radical (unpaired) electrons. The third-order valence-electron chi connectivity index (χ3n) is 1.38. The lowest BCUT2D eigenvalue weighted by atomic mass is 10.3. The fraction of sp³-hybridized carbons (Fsp3) is 0.333. The Kier molecular flexibility index (Phi) is 2.63. The zero-order chi connectivity index (χ0) is 7.23. The zero-order valence-corrected chi connectivity index (χ0v) is 5.88. The lowest BCUT2D eigenvalue weighted by Gasteiger charge is -1.97. The van der Waals surface area contributed by atoms with E-state index in [9.17, 15) is 0 Å². The first-order valence-corrected chi connectivity index (χ1v) is 3.44. The van der Waals surface area contributed by atoms with Gasteiger partial charge in [0.25, 0.3) is 0 Å². The minimum absolute atomic E-state index is 0.762. The summed E-state index contributed by atoms with van der Waals surface area (Å²) in [6.07, 6.45) is 12.5. The maximum Gasteiger partial charge on any atom is 0.0228 e. The molecule has 0 bridgehead atoms. The zero-order valence-electron chi connectivity index (χ0n) is 5.88. The second-order valence-electron chi connectivity index (χ2n) is 2.20. The van der Waals surface area contributed by atoms with Crippen LogP contribution in [0.15, 0.2) is 24.5 Å². The molecule has 0 aliphatic heterocycles. The fourth-order valence-electron chi connectivity index (χ4n) is 0.869. The van der Waals surface area contributed by atoms with Gasteiger partial charge in [-0.05, 0) is 25.0 Å². The number of rotatable bonds is 3. The standard InChI is InChI=1S/C9H10N/c1-2-3-4-7-10-8-5-6-9-10/h5-6,8-9H,3-4,7H2. The van der Waals surface area contributed by atoms with Crippen molar-refractivity contribution in [2.24, 2.45) is 0 Å². The van der Waals surface area contributed by atoms with Gasteiger partial charge in [0, 0.05) is 25.4 Å². The predicted octanol–water partition coefficient (Wildman–Crippen LogP) is 1.86. The Morgan fingerprint density at radius 2 is 2.00 bits per heavy atom. The summed E-state index contributed by atoms with van der Waals surface area (Å²) in [7, 11) is 0. The number of aryl methyl sites for hydroxylation is 1. The molecule has 0 amide bonds. The maximum atomic E-state index is 6.67. The summed E-state index contributed by atoms with van der Waals surface area (Å²) in [6.45, 7) is 0.999. The SMILES string of the molecule is [C]#CCCCn1cccc1. The van der Waals surface area contributed by atoms with E-state index < -0.39 is 0 Å². The predicted molar refractivity (Wildman–Crippen MR) is 40.8 cm³/mol. The van der Waals surface area contributed by atoms with Crippen LogP contribution in [-0.2, 0) is 6.54 Å². The third kappa shape index (κ3) is 1.99. The van der Waals surface area contributed by atoms with E-state index in [0.29, 0.717) is 0 Å². The molecule has 1 nitrogen and oxygen atoms in total. The first-order valence-electron chi connectivity index (χ1n) is 3.44. The number of hydrogen-bond acceptors (Lipinski definition) is 0. The number of aromatic nitrogens is 1. The highest BCUT2D eigenvalue weighted by Crippen LogP contribution is 1.94. The van der Waals surface area contributed by atoms with Gasteiger partial charge < -0.3 is 4.57 Å². The van der Waals surface area contributed by atoms with Crippen LogP contribution < -0.4 is 0 Å². The molecule has 1 heteroatoms. The molecule has 10 heavy (non-hydrogen) atoms. The van der Waals surface area contributed by atoms with Crippen LogP contribution in [0.25, 0.3) is 0 Å². The third-order valence-corrected chi connectivity index (χ3v) is 1.38. The highest BCUT2D eigenvalue weighted by atomic mass is 14.9. The molecule has 1 aromatic heterocycles. The lowest BCUT2D eigenvalue weighted by Crippen LogP contribution is -1.92. The number of hydrogen-bond donors (Lipinski definition) is 0. The summed E-state index contributed by atoms with van der Waals surface area (Å²) in [4.78, 5) is 0. The Hall–Kier alpha value is -1.16. The highest BCUT2D eigenvalue weighted by Gasteiger charge is 1.85. The molecule has 0 aromatic carbocycles. The number of nitrogens with zero attached hydrogens (tertiary/aromatic N) is 1. The van der Waals surface area contributed by atoms with Gasteiger partial charge in [-0.15, -0.1) is 0 Å². The van der Waals surface area contributed by atoms with E-state index in [4.69, 9.17) is 6.42 Å². The van der Waals surface area contributed by atoms with Gasteiger partial charge >= 0.3 is 0 Å². The van der Waals surface area contributed by atoms with Crippen molar-refractivity contribution in [1.29, 1.82) is 0 Å². The first-order chi connectivity index (χ1) is 4.93. The molecule has 0 unspecified atom stereocenters. The van der Waals surface area contributed by atoms with Gasteiger partial charge in [0.15, 0.2) is 0 Å². The molecular weight excluding hydrogens is 122 g/mol. The molecule has 51 valence electrons. The summed E-state index contributed by atoms with van der Waals surface area (Å²) in [5, 5.41) is 0. The quantitative estimate of drug-likeness (QED) is 0.437. The van der Waals surface area contributed by atoms with Crippen molar-refractivity contribution in [1.82, 2.24) is 4.57 Å². The molecule has 1 aromatic rings. The summed E-state index contributed by atoms with van der Waals surface area (Å²) >= 11 is 0. The maximum absolute atomic E-state index is 6.67. The van der Waals surface area contributed by atoms with Crippen LogP contribution in [0.5, 0.6) is 0 Å². The van der Waals surface area contributed by atoms with E-state index >= 15 is 0 Å². The van der Waals surface area contributed by atoms with Crippen LogP contribution in [-0.4, -0.2) is 4.57 Å². The van der Waals surface area contributed by atoms with E-state index in [0.717, 1.165) is 19.4 Å². The van der Waals surface area contributed by atoms with Gasteiger partial charge in [0.1, 0.15) is 0 Å². The summed E-state index contributed by atoms with van der Waals surface area (Å²) in [6, 6.07) is 4.02. The summed E-state index contributed by atoms with van der Waals surface area (Å²) in [5.41, 5.74) is 0. The Bertz CT molecular complexity index is 203. The summed E-state index contributed by atoms with van der Waals surface area (Å²) in [5.74, 6) is 2.37. The Morgan fingerprint density at radius 3 is 2.60 bits per heavy atom. The van der Waals surface area contributed by atoms with Gasteiger partial charge in [-0.25, -0.2) is 0 Å². The van der Waals surface area contributed by atoms with Crippen LogP contribution in [0.1, 0.15) is 12.8 Å². The molecular formula is C9H10N. The number of unbranched alkanes of at least 4 members (excludes halogenated alkanes) is 1. The van der Waals surface area contributed by atoms with E-state index in [1.807, 2.05) is 24.5 Å². The van der Waals surface area contributed by atoms with Crippen LogP contribution >= 0.6 is 0 Å². The van der Waals surface area contributed by atoms with Crippen molar-refractivity contribution < 1.29 is 0 Å². The van der Waals surface area contributed by atoms with Crippen molar-refractivity contribution in [3.63, 3.8) is 0 Å². The highest BCUT2D eigenvalue weighted by molar-refractivity contribution is 4.90. The average molecular weight is 132 g/mol. The lowest BCUT2D eigenvalue weighted by molar-refractivity contribution is 0.659. The first kappa shape index (κ1) is 6.95. The van der Waals surface area contributed by atoms with Crippen LogP contribution in [0.4, 0.5) is 0 Å². The van der Waals surface area contributed by atoms with Gasteiger partial charge in [-0.2, -0.15) is 0 Å². The van der Waals surface area contributed by atoms with Gasteiger partial charge in [-0.1, -0.05) is 5.92 Å².